The maximum atomic E-state index is 11.6. The van der Waals surface area contributed by atoms with Crippen molar-refractivity contribution in [2.45, 2.75) is 31.0 Å². The first-order chi connectivity index (χ1) is 8.91. The Hall–Kier alpha value is -1.34. The number of nitrogens with one attached hydrogen (secondary N) is 2. The van der Waals surface area contributed by atoms with E-state index in [1.54, 1.807) is 20.9 Å². The van der Waals surface area contributed by atoms with E-state index in [0.717, 1.165) is 0 Å². The molecule has 0 spiro atoms. The summed E-state index contributed by atoms with van der Waals surface area (Å²) in [5.74, 6) is 0.333. The fraction of sp³-hybridized carbons (Fsp3) is 0.583. The maximum absolute atomic E-state index is 11.6. The van der Waals surface area contributed by atoms with Crippen LogP contribution in [-0.4, -0.2) is 41.4 Å². The molecule has 0 saturated heterocycles. The number of nitrogens with zero attached hydrogens (tertiary/aromatic N) is 1. The topological polar surface area (TPSA) is 84.1 Å². The Balaban J connectivity index is 2.62. The molecule has 0 aliphatic carbocycles. The molecule has 0 aliphatic rings. The minimum atomic E-state index is -0.730. The molecule has 0 bridgehead atoms. The highest BCUT2D eigenvalue weighted by Gasteiger charge is 2.31. The largest absolute Gasteiger partial charge is 0.468 e. The molecular formula is C12H19N3O3S. The molecule has 0 aliphatic heterocycles. The zero-order valence-electron chi connectivity index (χ0n) is 11.6. The first-order valence-electron chi connectivity index (χ1n) is 5.89. The number of thioether (sulfide) groups is 1. The van der Waals surface area contributed by atoms with Gasteiger partial charge in [0.15, 0.2) is 5.16 Å². The van der Waals surface area contributed by atoms with Gasteiger partial charge in [0.1, 0.15) is 5.54 Å². The number of rotatable bonds is 6. The lowest BCUT2D eigenvalue weighted by Gasteiger charge is -2.25. The van der Waals surface area contributed by atoms with Crippen molar-refractivity contribution in [3.05, 3.63) is 22.1 Å². The van der Waals surface area contributed by atoms with E-state index in [-0.39, 0.29) is 11.5 Å². The monoisotopic (exact) mass is 285 g/mol. The van der Waals surface area contributed by atoms with E-state index in [0.29, 0.717) is 23.0 Å². The number of hydrogen-bond donors (Lipinski definition) is 2. The lowest BCUT2D eigenvalue weighted by atomic mass is 10.00. The van der Waals surface area contributed by atoms with Crippen LogP contribution < -0.4 is 10.9 Å². The molecule has 7 heteroatoms. The van der Waals surface area contributed by atoms with Crippen molar-refractivity contribution in [1.82, 2.24) is 15.3 Å². The number of aromatic amines is 1. The van der Waals surface area contributed by atoms with Crippen LogP contribution in [0, 0.1) is 6.92 Å². The van der Waals surface area contributed by atoms with Crippen LogP contribution in [0.2, 0.25) is 0 Å². The van der Waals surface area contributed by atoms with Gasteiger partial charge in [-0.25, -0.2) is 4.98 Å². The van der Waals surface area contributed by atoms with E-state index in [1.165, 1.54) is 24.9 Å². The number of carbonyl (C=O) groups excluding carboxylic acids is 1. The highest BCUT2D eigenvalue weighted by molar-refractivity contribution is 7.99. The standard InChI is InChI=1S/C12H19N3O3S/c1-8-7-9(16)15-11(14-8)19-6-5-12(2,13-3)10(17)18-4/h7,13H,5-6H2,1-4H3,(H,14,15,16). The second-order valence-corrected chi connectivity index (χ2v) is 5.45. The van der Waals surface area contributed by atoms with E-state index >= 15 is 0 Å². The van der Waals surface area contributed by atoms with Crippen molar-refractivity contribution in [3.63, 3.8) is 0 Å². The third kappa shape index (κ3) is 4.36. The smallest absolute Gasteiger partial charge is 0.325 e. The number of hydrogen-bond acceptors (Lipinski definition) is 6. The van der Waals surface area contributed by atoms with Crippen LogP contribution in [0.25, 0.3) is 0 Å². The van der Waals surface area contributed by atoms with Crippen molar-refractivity contribution in [3.8, 4) is 0 Å². The predicted octanol–water partition coefficient (Wildman–Crippen LogP) is 0.712. The second-order valence-electron chi connectivity index (χ2n) is 4.36. The number of carbonyl (C=O) groups is 1. The van der Waals surface area contributed by atoms with Gasteiger partial charge in [0.05, 0.1) is 7.11 Å². The molecule has 0 aromatic carbocycles. The highest BCUT2D eigenvalue weighted by Crippen LogP contribution is 2.19. The van der Waals surface area contributed by atoms with Gasteiger partial charge in [0.25, 0.3) is 5.56 Å². The van der Waals surface area contributed by atoms with Gasteiger partial charge in [-0.1, -0.05) is 11.8 Å². The number of methoxy groups -OCH3 is 1. The minimum absolute atomic E-state index is 0.167. The number of esters is 1. The van der Waals surface area contributed by atoms with E-state index in [4.69, 9.17) is 4.74 Å². The summed E-state index contributed by atoms with van der Waals surface area (Å²) in [7, 11) is 3.08. The fourth-order valence-corrected chi connectivity index (χ4v) is 2.61. The number of likely N-dealkylation sites (N-methyl/N-ethyl adjacent to an activating group) is 1. The highest BCUT2D eigenvalue weighted by atomic mass is 32.2. The van der Waals surface area contributed by atoms with E-state index < -0.39 is 5.54 Å². The van der Waals surface area contributed by atoms with Crippen molar-refractivity contribution in [1.29, 1.82) is 0 Å². The Kier molecular flexibility index (Phi) is 5.56. The summed E-state index contributed by atoms with van der Waals surface area (Å²) < 4.78 is 4.76. The molecule has 1 rings (SSSR count). The Morgan fingerprint density at radius 3 is 2.84 bits per heavy atom. The molecule has 6 nitrogen and oxygen atoms in total. The van der Waals surface area contributed by atoms with Crippen LogP contribution in [0.4, 0.5) is 0 Å². The number of ether oxygens (including phenoxy) is 1. The number of aryl methyl sites for hydroxylation is 1. The summed E-state index contributed by atoms with van der Waals surface area (Å²) in [4.78, 5) is 29.8. The molecule has 1 unspecified atom stereocenters. The Bertz CT molecular complexity index is 503. The lowest BCUT2D eigenvalue weighted by molar-refractivity contribution is -0.147. The molecule has 2 N–H and O–H groups in total. The summed E-state index contributed by atoms with van der Waals surface area (Å²) in [6.07, 6.45) is 0.568. The first-order valence-corrected chi connectivity index (χ1v) is 6.88. The third-order valence-corrected chi connectivity index (χ3v) is 3.75. The van der Waals surface area contributed by atoms with Crippen molar-refractivity contribution >= 4 is 17.7 Å². The average Bonchev–Trinajstić information content (AvgIpc) is 2.36. The van der Waals surface area contributed by atoms with Gasteiger partial charge < -0.3 is 15.0 Å². The van der Waals surface area contributed by atoms with Crippen LogP contribution in [0.5, 0.6) is 0 Å². The normalized spacial score (nSPS) is 13.9. The molecule has 1 heterocycles. The average molecular weight is 285 g/mol. The molecule has 0 radical (unpaired) electrons. The number of H-pyrrole nitrogens is 1. The predicted molar refractivity (Wildman–Crippen MR) is 74.4 cm³/mol. The summed E-state index contributed by atoms with van der Waals surface area (Å²) in [5, 5.41) is 3.52. The van der Waals surface area contributed by atoms with Gasteiger partial charge in [-0.2, -0.15) is 0 Å². The third-order valence-electron chi connectivity index (χ3n) is 2.88. The van der Waals surface area contributed by atoms with Crippen LogP contribution >= 0.6 is 11.8 Å². The van der Waals surface area contributed by atoms with Gasteiger partial charge in [0.2, 0.25) is 0 Å². The zero-order valence-corrected chi connectivity index (χ0v) is 12.4. The lowest BCUT2D eigenvalue weighted by Crippen LogP contribution is -2.48. The Morgan fingerprint density at radius 2 is 2.32 bits per heavy atom. The molecule has 0 saturated carbocycles. The quantitative estimate of drug-likeness (QED) is 0.455. The van der Waals surface area contributed by atoms with E-state index in [1.807, 2.05) is 0 Å². The summed E-state index contributed by atoms with van der Waals surface area (Å²) in [6.45, 7) is 3.55. The van der Waals surface area contributed by atoms with Gasteiger partial charge in [-0.15, -0.1) is 0 Å². The van der Waals surface area contributed by atoms with Gasteiger partial charge >= 0.3 is 5.97 Å². The van der Waals surface area contributed by atoms with Crippen molar-refractivity contribution in [2.24, 2.45) is 0 Å². The van der Waals surface area contributed by atoms with E-state index in [9.17, 15) is 9.59 Å². The maximum Gasteiger partial charge on any atom is 0.325 e. The summed E-state index contributed by atoms with van der Waals surface area (Å²) >= 11 is 1.40. The number of aromatic nitrogens is 2. The molecule has 1 aromatic rings. The van der Waals surface area contributed by atoms with Crippen LogP contribution in [0.15, 0.2) is 16.0 Å². The van der Waals surface area contributed by atoms with Crippen molar-refractivity contribution in [2.75, 3.05) is 19.9 Å². The fourth-order valence-electron chi connectivity index (χ4n) is 1.53. The molecule has 0 amide bonds. The van der Waals surface area contributed by atoms with Crippen molar-refractivity contribution < 1.29 is 9.53 Å². The molecule has 106 valence electrons. The van der Waals surface area contributed by atoms with Crippen LogP contribution in [0.3, 0.4) is 0 Å². The minimum Gasteiger partial charge on any atom is -0.468 e. The van der Waals surface area contributed by atoms with Crippen LogP contribution in [0.1, 0.15) is 19.0 Å². The zero-order chi connectivity index (χ0) is 14.5. The summed E-state index contributed by atoms with van der Waals surface area (Å²) in [6, 6.07) is 1.44. The van der Waals surface area contributed by atoms with E-state index in [2.05, 4.69) is 15.3 Å². The van der Waals surface area contributed by atoms with Gasteiger partial charge in [-0.3, -0.25) is 9.59 Å². The molecule has 19 heavy (non-hydrogen) atoms. The molecule has 1 atom stereocenters. The second kappa shape index (κ2) is 6.72. The van der Waals surface area contributed by atoms with Crippen LogP contribution in [-0.2, 0) is 9.53 Å². The SMILES string of the molecule is CNC(C)(CCSc1nc(C)cc(=O)[nH]1)C(=O)OC. The molecule has 1 aromatic heterocycles. The Labute approximate surface area is 116 Å². The summed E-state index contributed by atoms with van der Waals surface area (Å²) in [5.41, 5.74) is -0.221. The molecular weight excluding hydrogens is 266 g/mol. The molecule has 0 fully saturated rings. The first kappa shape index (κ1) is 15.7. The van der Waals surface area contributed by atoms with Gasteiger partial charge in [-0.05, 0) is 27.3 Å². The Morgan fingerprint density at radius 1 is 1.63 bits per heavy atom. The van der Waals surface area contributed by atoms with Gasteiger partial charge in [0, 0.05) is 17.5 Å².